The second-order valence-corrected chi connectivity index (χ2v) is 5.97. The number of ether oxygens (including phenoxy) is 2. The van der Waals surface area contributed by atoms with Crippen LogP contribution in [0.5, 0.6) is 17.4 Å². The van der Waals surface area contributed by atoms with Crippen LogP contribution in [-0.4, -0.2) is 17.5 Å². The van der Waals surface area contributed by atoms with E-state index in [1.165, 1.54) is 0 Å². The number of para-hydroxylation sites is 1. The van der Waals surface area contributed by atoms with Crippen LogP contribution in [0.2, 0.25) is 0 Å². The zero-order chi connectivity index (χ0) is 19.1. The SMILES string of the molecule is CCOc1ccc(C(C)NC(=O)c2cccnc2Oc2ccccc2)cc1. The molecule has 1 unspecified atom stereocenters. The summed E-state index contributed by atoms with van der Waals surface area (Å²) in [7, 11) is 0. The highest BCUT2D eigenvalue weighted by atomic mass is 16.5. The van der Waals surface area contributed by atoms with Gasteiger partial charge in [-0.05, 0) is 55.8 Å². The minimum atomic E-state index is -0.240. The normalized spacial score (nSPS) is 11.5. The van der Waals surface area contributed by atoms with E-state index in [2.05, 4.69) is 10.3 Å². The molecular weight excluding hydrogens is 340 g/mol. The molecule has 1 aromatic heterocycles. The van der Waals surface area contributed by atoms with Gasteiger partial charge >= 0.3 is 0 Å². The molecule has 2 aromatic carbocycles. The van der Waals surface area contributed by atoms with Crippen LogP contribution in [0.15, 0.2) is 72.9 Å². The van der Waals surface area contributed by atoms with Gasteiger partial charge in [0.15, 0.2) is 0 Å². The quantitative estimate of drug-likeness (QED) is 0.658. The first kappa shape index (κ1) is 18.5. The second kappa shape index (κ2) is 8.85. The fourth-order valence-corrected chi connectivity index (χ4v) is 2.62. The summed E-state index contributed by atoms with van der Waals surface area (Å²) >= 11 is 0. The Kier molecular flexibility index (Phi) is 6.05. The molecule has 5 nitrogen and oxygen atoms in total. The summed E-state index contributed by atoms with van der Waals surface area (Å²) in [4.78, 5) is 17.0. The summed E-state index contributed by atoms with van der Waals surface area (Å²) in [6.45, 7) is 4.50. The first-order valence-corrected chi connectivity index (χ1v) is 8.89. The third-order valence-corrected chi connectivity index (χ3v) is 4.01. The number of benzene rings is 2. The molecule has 1 heterocycles. The standard InChI is InChI=1S/C22H22N2O3/c1-3-26-18-13-11-17(12-14-18)16(2)24-21(25)20-10-7-15-23-22(20)27-19-8-5-4-6-9-19/h4-16H,3H2,1-2H3,(H,24,25). The molecule has 0 aliphatic rings. The lowest BCUT2D eigenvalue weighted by atomic mass is 10.1. The number of nitrogens with zero attached hydrogens (tertiary/aromatic N) is 1. The van der Waals surface area contributed by atoms with E-state index in [0.717, 1.165) is 11.3 Å². The first-order chi connectivity index (χ1) is 13.2. The zero-order valence-corrected chi connectivity index (χ0v) is 15.4. The van der Waals surface area contributed by atoms with E-state index in [-0.39, 0.29) is 17.8 Å². The van der Waals surface area contributed by atoms with Crippen LogP contribution in [0.1, 0.15) is 35.8 Å². The van der Waals surface area contributed by atoms with E-state index in [4.69, 9.17) is 9.47 Å². The van der Waals surface area contributed by atoms with Crippen LogP contribution in [0.3, 0.4) is 0 Å². The molecule has 0 fully saturated rings. The molecule has 1 amide bonds. The summed E-state index contributed by atoms with van der Waals surface area (Å²) in [5.74, 6) is 1.48. The maximum absolute atomic E-state index is 12.8. The van der Waals surface area contributed by atoms with Crippen LogP contribution in [0.25, 0.3) is 0 Å². The van der Waals surface area contributed by atoms with Crippen molar-refractivity contribution in [3.8, 4) is 17.4 Å². The molecule has 1 atom stereocenters. The van der Waals surface area contributed by atoms with Crippen LogP contribution < -0.4 is 14.8 Å². The predicted molar refractivity (Wildman–Crippen MR) is 104 cm³/mol. The van der Waals surface area contributed by atoms with E-state index >= 15 is 0 Å². The Morgan fingerprint density at radius 1 is 1.00 bits per heavy atom. The molecule has 0 saturated carbocycles. The van der Waals surface area contributed by atoms with Gasteiger partial charge in [-0.3, -0.25) is 4.79 Å². The largest absolute Gasteiger partial charge is 0.494 e. The number of hydrogen-bond acceptors (Lipinski definition) is 4. The molecular formula is C22H22N2O3. The van der Waals surface area contributed by atoms with E-state index in [1.807, 2.05) is 68.4 Å². The smallest absolute Gasteiger partial charge is 0.257 e. The van der Waals surface area contributed by atoms with Gasteiger partial charge in [-0.15, -0.1) is 0 Å². The van der Waals surface area contributed by atoms with Crippen molar-refractivity contribution < 1.29 is 14.3 Å². The van der Waals surface area contributed by atoms with Gasteiger partial charge < -0.3 is 14.8 Å². The fourth-order valence-electron chi connectivity index (χ4n) is 2.62. The summed E-state index contributed by atoms with van der Waals surface area (Å²) in [6, 6.07) is 20.2. The number of nitrogens with one attached hydrogen (secondary N) is 1. The average Bonchev–Trinajstić information content (AvgIpc) is 2.70. The lowest BCUT2D eigenvalue weighted by Gasteiger charge is -2.16. The van der Waals surface area contributed by atoms with Crippen LogP contribution in [-0.2, 0) is 0 Å². The van der Waals surface area contributed by atoms with Gasteiger partial charge in [0.25, 0.3) is 5.91 Å². The molecule has 3 aromatic rings. The van der Waals surface area contributed by atoms with Crippen LogP contribution in [0, 0.1) is 0 Å². The number of aromatic nitrogens is 1. The Bertz CT molecular complexity index is 880. The van der Waals surface area contributed by atoms with Gasteiger partial charge in [0, 0.05) is 6.20 Å². The molecule has 27 heavy (non-hydrogen) atoms. The first-order valence-electron chi connectivity index (χ1n) is 8.89. The summed E-state index contributed by atoms with van der Waals surface area (Å²) in [6.07, 6.45) is 1.60. The van der Waals surface area contributed by atoms with Crippen molar-refractivity contribution >= 4 is 5.91 Å². The fraction of sp³-hybridized carbons (Fsp3) is 0.182. The highest BCUT2D eigenvalue weighted by molar-refractivity contribution is 5.96. The maximum atomic E-state index is 12.8. The monoisotopic (exact) mass is 362 g/mol. The van der Waals surface area contributed by atoms with Crippen molar-refractivity contribution in [1.82, 2.24) is 10.3 Å². The molecule has 0 bridgehead atoms. The Morgan fingerprint density at radius 2 is 1.74 bits per heavy atom. The van der Waals surface area contributed by atoms with Crippen LogP contribution in [0.4, 0.5) is 0 Å². The van der Waals surface area contributed by atoms with Crippen molar-refractivity contribution in [2.75, 3.05) is 6.61 Å². The number of carbonyl (C=O) groups excluding carboxylic acids is 1. The number of rotatable bonds is 7. The Hall–Kier alpha value is -3.34. The Balaban J connectivity index is 1.72. The van der Waals surface area contributed by atoms with Crippen molar-refractivity contribution in [3.63, 3.8) is 0 Å². The van der Waals surface area contributed by atoms with Gasteiger partial charge in [0.1, 0.15) is 17.1 Å². The van der Waals surface area contributed by atoms with Gasteiger partial charge in [0.2, 0.25) is 5.88 Å². The number of carbonyl (C=O) groups is 1. The van der Waals surface area contributed by atoms with Gasteiger partial charge in [0.05, 0.1) is 12.6 Å². The van der Waals surface area contributed by atoms with E-state index < -0.39 is 0 Å². The van der Waals surface area contributed by atoms with Crippen molar-refractivity contribution in [2.45, 2.75) is 19.9 Å². The number of hydrogen-bond donors (Lipinski definition) is 1. The van der Waals surface area contributed by atoms with E-state index in [1.54, 1.807) is 18.3 Å². The highest BCUT2D eigenvalue weighted by Gasteiger charge is 2.17. The third kappa shape index (κ3) is 4.85. The molecule has 0 radical (unpaired) electrons. The Morgan fingerprint density at radius 3 is 2.44 bits per heavy atom. The van der Waals surface area contributed by atoms with E-state index in [0.29, 0.717) is 17.9 Å². The molecule has 0 spiro atoms. The molecule has 5 heteroatoms. The summed E-state index contributed by atoms with van der Waals surface area (Å²) in [5.41, 5.74) is 1.38. The molecule has 1 N–H and O–H groups in total. The summed E-state index contributed by atoms with van der Waals surface area (Å²) < 4.78 is 11.2. The predicted octanol–water partition coefficient (Wildman–Crippen LogP) is 4.76. The summed E-state index contributed by atoms with van der Waals surface area (Å²) in [5, 5.41) is 2.99. The molecule has 0 aliphatic carbocycles. The lowest BCUT2D eigenvalue weighted by Crippen LogP contribution is -2.27. The van der Waals surface area contributed by atoms with Crippen molar-refractivity contribution in [2.24, 2.45) is 0 Å². The zero-order valence-electron chi connectivity index (χ0n) is 15.4. The van der Waals surface area contributed by atoms with Crippen LogP contribution >= 0.6 is 0 Å². The third-order valence-electron chi connectivity index (χ3n) is 4.01. The van der Waals surface area contributed by atoms with E-state index in [9.17, 15) is 4.79 Å². The Labute approximate surface area is 159 Å². The average molecular weight is 362 g/mol. The van der Waals surface area contributed by atoms with Crippen molar-refractivity contribution in [3.05, 3.63) is 84.1 Å². The lowest BCUT2D eigenvalue weighted by molar-refractivity contribution is 0.0937. The van der Waals surface area contributed by atoms with Gasteiger partial charge in [-0.25, -0.2) is 4.98 Å². The molecule has 0 saturated heterocycles. The molecule has 3 rings (SSSR count). The molecule has 0 aliphatic heterocycles. The second-order valence-electron chi connectivity index (χ2n) is 5.97. The maximum Gasteiger partial charge on any atom is 0.257 e. The molecule has 138 valence electrons. The minimum absolute atomic E-state index is 0.169. The van der Waals surface area contributed by atoms with Gasteiger partial charge in [-0.2, -0.15) is 0 Å². The van der Waals surface area contributed by atoms with Gasteiger partial charge in [-0.1, -0.05) is 30.3 Å². The highest BCUT2D eigenvalue weighted by Crippen LogP contribution is 2.24. The minimum Gasteiger partial charge on any atom is -0.494 e. The van der Waals surface area contributed by atoms with Crippen molar-refractivity contribution in [1.29, 1.82) is 0 Å². The number of pyridine rings is 1. The topological polar surface area (TPSA) is 60.5 Å². The number of amides is 1.